The Morgan fingerprint density at radius 3 is 2.22 bits per heavy atom. The normalized spacial score (nSPS) is 11.1. The zero-order chi connectivity index (χ0) is 6.69. The van der Waals surface area contributed by atoms with Gasteiger partial charge in [-0.15, -0.1) is 0 Å². The Kier molecular flexibility index (Phi) is 2.07. The van der Waals surface area contributed by atoms with Crippen molar-refractivity contribution in [2.75, 3.05) is 0 Å². The van der Waals surface area contributed by atoms with Crippen molar-refractivity contribution in [2.45, 2.75) is 0 Å². The lowest BCUT2D eigenvalue weighted by Gasteiger charge is -1.93. The van der Waals surface area contributed by atoms with Crippen LogP contribution in [0.15, 0.2) is 24.3 Å². The molecule has 0 radical (unpaired) electrons. The van der Waals surface area contributed by atoms with Crippen LogP contribution < -0.4 is 5.19 Å². The summed E-state index contributed by atoms with van der Waals surface area (Å²) in [7, 11) is 1.43. The fourth-order valence-corrected chi connectivity index (χ4v) is 2.85. The van der Waals surface area contributed by atoms with Crippen LogP contribution in [0.3, 0.4) is 0 Å². The minimum Gasteiger partial charge on any atom is -0.508 e. The SMILES string of the molecule is Oc1ccc([SiH2][SiH3])cc1. The highest BCUT2D eigenvalue weighted by molar-refractivity contribution is 6.97. The molecule has 0 bridgehead atoms. The molecule has 0 aliphatic carbocycles. The molecule has 1 aromatic rings. The molecule has 0 aliphatic rings. The molecule has 0 spiro atoms. The van der Waals surface area contributed by atoms with Crippen molar-refractivity contribution in [1.29, 1.82) is 0 Å². The van der Waals surface area contributed by atoms with Gasteiger partial charge in [-0.3, -0.25) is 0 Å². The number of hydrogen-bond donors (Lipinski definition) is 1. The highest BCUT2D eigenvalue weighted by Crippen LogP contribution is 2.01. The molecule has 0 saturated carbocycles. The molecule has 48 valence electrons. The van der Waals surface area contributed by atoms with Crippen LogP contribution in [0.1, 0.15) is 0 Å². The maximum Gasteiger partial charge on any atom is 0.115 e. The number of rotatable bonds is 1. The first-order chi connectivity index (χ1) is 4.33. The number of aromatic hydroxyl groups is 1. The van der Waals surface area contributed by atoms with Gasteiger partial charge in [0, 0.05) is 9.04 Å². The maximum atomic E-state index is 8.88. The quantitative estimate of drug-likeness (QED) is 0.487. The molecule has 0 aliphatic heterocycles. The van der Waals surface area contributed by atoms with E-state index in [1.165, 1.54) is 14.9 Å². The van der Waals surface area contributed by atoms with Crippen molar-refractivity contribution < 1.29 is 5.11 Å². The number of hydrogen-bond acceptors (Lipinski definition) is 1. The van der Waals surface area contributed by atoms with Gasteiger partial charge < -0.3 is 5.11 Å². The monoisotopic (exact) mass is 154 g/mol. The average molecular weight is 154 g/mol. The number of phenolic OH excluding ortho intramolecular Hbond substituents is 1. The van der Waals surface area contributed by atoms with E-state index >= 15 is 0 Å². The van der Waals surface area contributed by atoms with E-state index in [1.54, 1.807) is 12.1 Å². The summed E-state index contributed by atoms with van der Waals surface area (Å²) in [5.74, 6) is 0.378. The van der Waals surface area contributed by atoms with Gasteiger partial charge in [-0.1, -0.05) is 17.3 Å². The van der Waals surface area contributed by atoms with E-state index in [2.05, 4.69) is 0 Å². The van der Waals surface area contributed by atoms with Gasteiger partial charge in [-0.25, -0.2) is 0 Å². The molecule has 1 N–H and O–H groups in total. The van der Waals surface area contributed by atoms with Crippen LogP contribution in [-0.2, 0) is 0 Å². The summed E-state index contributed by atoms with van der Waals surface area (Å²) in [6.45, 7) is 0. The average Bonchev–Trinajstić information content (AvgIpc) is 1.90. The van der Waals surface area contributed by atoms with Gasteiger partial charge >= 0.3 is 0 Å². The minimum absolute atomic E-state index is 0.103. The Bertz CT molecular complexity index is 183. The van der Waals surface area contributed by atoms with Crippen molar-refractivity contribution in [3.05, 3.63) is 24.3 Å². The zero-order valence-electron chi connectivity index (χ0n) is 5.46. The zero-order valence-corrected chi connectivity index (χ0v) is 8.88. The molecule has 9 heavy (non-hydrogen) atoms. The molecule has 0 fully saturated rings. The van der Waals surface area contributed by atoms with Crippen LogP contribution in [0.2, 0.25) is 0 Å². The molecule has 0 amide bonds. The first kappa shape index (κ1) is 6.57. The topological polar surface area (TPSA) is 20.2 Å². The van der Waals surface area contributed by atoms with Crippen LogP contribution in [0, 0.1) is 0 Å². The second-order valence-corrected chi connectivity index (χ2v) is 5.66. The summed E-state index contributed by atoms with van der Waals surface area (Å²) in [6.07, 6.45) is 0. The van der Waals surface area contributed by atoms with E-state index in [-0.39, 0.29) is 9.04 Å². The Balaban J connectivity index is 2.88. The van der Waals surface area contributed by atoms with Crippen LogP contribution in [0.5, 0.6) is 5.75 Å². The molecular weight excluding hydrogens is 144 g/mol. The lowest BCUT2D eigenvalue weighted by Crippen LogP contribution is -2.12. The van der Waals surface area contributed by atoms with Gasteiger partial charge in [0.2, 0.25) is 0 Å². The van der Waals surface area contributed by atoms with Crippen LogP contribution in [0.4, 0.5) is 0 Å². The summed E-state index contributed by atoms with van der Waals surface area (Å²) >= 11 is 0. The van der Waals surface area contributed by atoms with Gasteiger partial charge in [-0.2, -0.15) is 0 Å². The summed E-state index contributed by atoms with van der Waals surface area (Å²) in [5, 5.41) is 10.3. The summed E-state index contributed by atoms with van der Waals surface area (Å²) in [6, 6.07) is 7.57. The molecule has 1 rings (SSSR count). The Hall–Kier alpha value is -0.546. The third-order valence-electron chi connectivity index (χ3n) is 1.34. The fourth-order valence-electron chi connectivity index (χ4n) is 0.732. The summed E-state index contributed by atoms with van der Waals surface area (Å²) in [5.41, 5.74) is 0. The van der Waals surface area contributed by atoms with E-state index in [9.17, 15) is 0 Å². The van der Waals surface area contributed by atoms with Crippen molar-refractivity contribution >= 4 is 24.0 Å². The summed E-state index contributed by atoms with van der Waals surface area (Å²) in [4.78, 5) is 0. The van der Waals surface area contributed by atoms with Crippen LogP contribution in [0.25, 0.3) is 0 Å². The Morgan fingerprint density at radius 2 is 1.78 bits per heavy atom. The summed E-state index contributed by atoms with van der Waals surface area (Å²) < 4.78 is 0. The first-order valence-electron chi connectivity index (χ1n) is 3.11. The molecule has 3 heteroatoms. The Morgan fingerprint density at radius 1 is 1.22 bits per heavy atom. The Labute approximate surface area is 59.8 Å². The second-order valence-electron chi connectivity index (χ2n) is 2.02. The molecule has 0 atom stereocenters. The molecular formula is C6H10OSi2. The predicted octanol–water partition coefficient (Wildman–Crippen LogP) is -1.53. The molecule has 0 aromatic heterocycles. The van der Waals surface area contributed by atoms with E-state index in [0.717, 1.165) is 0 Å². The lowest BCUT2D eigenvalue weighted by atomic mass is 10.3. The van der Waals surface area contributed by atoms with Gasteiger partial charge in [0.15, 0.2) is 0 Å². The maximum absolute atomic E-state index is 8.88. The van der Waals surface area contributed by atoms with Crippen molar-refractivity contribution in [3.8, 4) is 5.75 Å². The molecule has 1 aromatic carbocycles. The largest absolute Gasteiger partial charge is 0.508 e. The molecule has 0 heterocycles. The fraction of sp³-hybridized carbons (Fsp3) is 0. The van der Waals surface area contributed by atoms with Gasteiger partial charge in [0.1, 0.15) is 5.75 Å². The standard InChI is InChI=1S/C6H10OSi2/c7-5-1-3-6(9-8)4-2-5/h1-4,7H,9H2,8H3. The smallest absolute Gasteiger partial charge is 0.115 e. The van der Waals surface area contributed by atoms with Gasteiger partial charge in [-0.05, 0) is 21.9 Å². The molecule has 0 saturated heterocycles. The number of benzene rings is 1. The van der Waals surface area contributed by atoms with Gasteiger partial charge in [0.25, 0.3) is 0 Å². The highest BCUT2D eigenvalue weighted by Gasteiger charge is 1.87. The lowest BCUT2D eigenvalue weighted by molar-refractivity contribution is 0.475. The van der Waals surface area contributed by atoms with E-state index in [4.69, 9.17) is 5.11 Å². The van der Waals surface area contributed by atoms with Crippen LogP contribution >= 0.6 is 0 Å². The van der Waals surface area contributed by atoms with E-state index in [0.29, 0.717) is 5.75 Å². The second kappa shape index (κ2) is 2.84. The van der Waals surface area contributed by atoms with Crippen LogP contribution in [-0.4, -0.2) is 23.9 Å². The van der Waals surface area contributed by atoms with Gasteiger partial charge in [0.05, 0.1) is 0 Å². The molecule has 0 unspecified atom stereocenters. The minimum atomic E-state index is 0.103. The number of phenols is 1. The van der Waals surface area contributed by atoms with Crippen molar-refractivity contribution in [1.82, 2.24) is 0 Å². The first-order valence-corrected chi connectivity index (χ1v) is 9.47. The van der Waals surface area contributed by atoms with E-state index < -0.39 is 0 Å². The predicted molar refractivity (Wildman–Crippen MR) is 46.2 cm³/mol. The van der Waals surface area contributed by atoms with E-state index in [1.807, 2.05) is 12.1 Å². The molecule has 1 nitrogen and oxygen atoms in total. The third kappa shape index (κ3) is 1.69. The third-order valence-corrected chi connectivity index (χ3v) is 5.08. The van der Waals surface area contributed by atoms with Crippen molar-refractivity contribution in [2.24, 2.45) is 0 Å². The van der Waals surface area contributed by atoms with Crippen molar-refractivity contribution in [3.63, 3.8) is 0 Å². The highest BCUT2D eigenvalue weighted by atomic mass is 29.1.